The third-order valence-electron chi connectivity index (χ3n) is 4.40. The summed E-state index contributed by atoms with van der Waals surface area (Å²) < 4.78 is 39.9. The van der Waals surface area contributed by atoms with Crippen molar-refractivity contribution in [2.75, 3.05) is 22.5 Å². The summed E-state index contributed by atoms with van der Waals surface area (Å²) in [6.45, 7) is 2.07. The fourth-order valence-corrected chi connectivity index (χ4v) is 2.95. The highest BCUT2D eigenvalue weighted by Crippen LogP contribution is 2.34. The summed E-state index contributed by atoms with van der Waals surface area (Å²) in [5.41, 5.74) is 6.17. The highest BCUT2D eigenvalue weighted by atomic mass is 19.4. The molecule has 0 spiro atoms. The average molecular weight is 377 g/mol. The predicted molar refractivity (Wildman–Crippen MR) is 96.6 cm³/mol. The number of benzene rings is 2. The smallest absolute Gasteiger partial charge is 0.399 e. The predicted octanol–water partition coefficient (Wildman–Crippen LogP) is 3.98. The number of carbonyl (C=O) groups excluding carboxylic acids is 2. The van der Waals surface area contributed by atoms with E-state index in [-0.39, 0.29) is 23.6 Å². The van der Waals surface area contributed by atoms with Gasteiger partial charge in [0, 0.05) is 35.6 Å². The van der Waals surface area contributed by atoms with Crippen LogP contribution < -0.4 is 16.0 Å². The lowest BCUT2D eigenvalue weighted by Gasteiger charge is -2.19. The van der Waals surface area contributed by atoms with E-state index in [2.05, 4.69) is 5.32 Å². The molecule has 0 aliphatic carbocycles. The highest BCUT2D eigenvalue weighted by Gasteiger charge is 2.33. The molecule has 0 aromatic heterocycles. The molecule has 0 atom stereocenters. The largest absolute Gasteiger partial charge is 0.416 e. The van der Waals surface area contributed by atoms with Crippen LogP contribution in [-0.2, 0) is 11.0 Å². The molecule has 2 amide bonds. The number of amides is 2. The molecule has 0 unspecified atom stereocenters. The van der Waals surface area contributed by atoms with Crippen molar-refractivity contribution in [3.05, 3.63) is 53.1 Å². The van der Waals surface area contributed by atoms with Crippen molar-refractivity contribution in [3.63, 3.8) is 0 Å². The van der Waals surface area contributed by atoms with E-state index in [1.54, 1.807) is 19.1 Å². The molecule has 1 fully saturated rings. The molecule has 2 aromatic rings. The summed E-state index contributed by atoms with van der Waals surface area (Å²) in [7, 11) is 0. The van der Waals surface area contributed by atoms with Gasteiger partial charge in [-0.1, -0.05) is 6.07 Å². The van der Waals surface area contributed by atoms with Crippen LogP contribution in [0.15, 0.2) is 36.4 Å². The molecule has 1 aliphatic rings. The fourth-order valence-electron chi connectivity index (χ4n) is 2.95. The van der Waals surface area contributed by atoms with Crippen molar-refractivity contribution in [2.45, 2.75) is 25.9 Å². The van der Waals surface area contributed by atoms with E-state index in [0.29, 0.717) is 24.3 Å². The number of nitrogens with zero attached hydrogens (tertiary/aromatic N) is 1. The van der Waals surface area contributed by atoms with Crippen LogP contribution in [0.1, 0.15) is 34.3 Å². The van der Waals surface area contributed by atoms with Crippen LogP contribution in [-0.4, -0.2) is 18.4 Å². The van der Waals surface area contributed by atoms with E-state index in [1.807, 2.05) is 0 Å². The Hall–Kier alpha value is -3.03. The molecule has 1 heterocycles. The molecular formula is C19H18F3N3O2. The number of carbonyl (C=O) groups is 2. The maximum absolute atomic E-state index is 13.3. The number of nitrogens with two attached hydrogens (primary N) is 1. The average Bonchev–Trinajstić information content (AvgIpc) is 3.03. The van der Waals surface area contributed by atoms with E-state index >= 15 is 0 Å². The lowest BCUT2D eigenvalue weighted by molar-refractivity contribution is -0.137. The zero-order valence-corrected chi connectivity index (χ0v) is 14.6. The van der Waals surface area contributed by atoms with Gasteiger partial charge in [-0.05, 0) is 49.2 Å². The Morgan fingerprint density at radius 2 is 1.93 bits per heavy atom. The van der Waals surface area contributed by atoms with Crippen molar-refractivity contribution < 1.29 is 22.8 Å². The van der Waals surface area contributed by atoms with Gasteiger partial charge < -0.3 is 16.0 Å². The van der Waals surface area contributed by atoms with Crippen molar-refractivity contribution in [1.82, 2.24) is 0 Å². The number of hydrogen-bond acceptors (Lipinski definition) is 3. The number of nitrogens with one attached hydrogen (secondary N) is 1. The lowest BCUT2D eigenvalue weighted by atomic mass is 10.1. The van der Waals surface area contributed by atoms with Crippen molar-refractivity contribution in [3.8, 4) is 0 Å². The molecule has 1 aliphatic heterocycles. The van der Waals surface area contributed by atoms with Gasteiger partial charge in [0.15, 0.2) is 0 Å². The van der Waals surface area contributed by atoms with Gasteiger partial charge in [0.1, 0.15) is 0 Å². The molecule has 3 rings (SSSR count). The van der Waals surface area contributed by atoms with Gasteiger partial charge in [-0.25, -0.2) is 0 Å². The highest BCUT2D eigenvalue weighted by molar-refractivity contribution is 6.06. The first-order valence-corrected chi connectivity index (χ1v) is 8.35. The Balaban J connectivity index is 1.99. The summed E-state index contributed by atoms with van der Waals surface area (Å²) in [5, 5.41) is 2.59. The normalized spacial score (nSPS) is 14.5. The van der Waals surface area contributed by atoms with E-state index < -0.39 is 17.6 Å². The number of nitrogen functional groups attached to an aromatic ring is 1. The van der Waals surface area contributed by atoms with E-state index in [1.165, 1.54) is 17.0 Å². The fraction of sp³-hybridized carbons (Fsp3) is 0.263. The molecule has 142 valence electrons. The maximum atomic E-state index is 13.3. The van der Waals surface area contributed by atoms with Crippen LogP contribution in [0.3, 0.4) is 0 Å². The van der Waals surface area contributed by atoms with Gasteiger partial charge in [0.25, 0.3) is 5.91 Å². The second-order valence-corrected chi connectivity index (χ2v) is 6.44. The first-order valence-electron chi connectivity index (χ1n) is 8.35. The van der Waals surface area contributed by atoms with Crippen LogP contribution >= 0.6 is 0 Å². The van der Waals surface area contributed by atoms with Gasteiger partial charge in [0.2, 0.25) is 5.91 Å². The molecule has 0 saturated carbocycles. The first-order chi connectivity index (χ1) is 12.6. The van der Waals surface area contributed by atoms with E-state index in [9.17, 15) is 22.8 Å². The number of hydrogen-bond donors (Lipinski definition) is 2. The summed E-state index contributed by atoms with van der Waals surface area (Å²) >= 11 is 0. The molecule has 0 radical (unpaired) electrons. The molecule has 0 bridgehead atoms. The van der Waals surface area contributed by atoms with Crippen LogP contribution in [0, 0.1) is 6.92 Å². The standard InChI is InChI=1S/C19H18F3N3O2/c1-11-4-5-14(23)10-16(11)24-18(27)12-7-13(19(20,21)22)9-15(8-12)25-6-2-3-17(25)26/h4-5,7-10H,2-3,6,23H2,1H3,(H,24,27). The van der Waals surface area contributed by atoms with Gasteiger partial charge in [0.05, 0.1) is 5.56 Å². The Bertz CT molecular complexity index is 910. The topological polar surface area (TPSA) is 75.4 Å². The first kappa shape index (κ1) is 18.8. The number of anilines is 3. The van der Waals surface area contributed by atoms with Gasteiger partial charge in [-0.3, -0.25) is 9.59 Å². The van der Waals surface area contributed by atoms with Crippen LogP contribution in [0.2, 0.25) is 0 Å². The third kappa shape index (κ3) is 4.05. The van der Waals surface area contributed by atoms with Gasteiger partial charge in [-0.2, -0.15) is 13.2 Å². The zero-order valence-electron chi connectivity index (χ0n) is 14.6. The van der Waals surface area contributed by atoms with Gasteiger partial charge >= 0.3 is 6.18 Å². The minimum absolute atomic E-state index is 0.0711. The van der Waals surface area contributed by atoms with Crippen LogP contribution in [0.25, 0.3) is 0 Å². The quantitative estimate of drug-likeness (QED) is 0.795. The Morgan fingerprint density at radius 3 is 2.56 bits per heavy atom. The molecule has 27 heavy (non-hydrogen) atoms. The number of halogens is 3. The Labute approximate surface area is 154 Å². The lowest BCUT2D eigenvalue weighted by Crippen LogP contribution is -2.25. The summed E-state index contributed by atoms with van der Waals surface area (Å²) in [6, 6.07) is 7.87. The summed E-state index contributed by atoms with van der Waals surface area (Å²) in [6.07, 6.45) is -3.79. The second kappa shape index (κ2) is 6.94. The van der Waals surface area contributed by atoms with Crippen molar-refractivity contribution >= 4 is 28.9 Å². The maximum Gasteiger partial charge on any atom is 0.416 e. The molecule has 2 aromatic carbocycles. The molecule has 8 heteroatoms. The van der Waals surface area contributed by atoms with Crippen LogP contribution in [0.5, 0.6) is 0 Å². The minimum Gasteiger partial charge on any atom is -0.399 e. The third-order valence-corrected chi connectivity index (χ3v) is 4.40. The van der Waals surface area contributed by atoms with E-state index in [4.69, 9.17) is 5.73 Å². The summed E-state index contributed by atoms with van der Waals surface area (Å²) in [4.78, 5) is 25.8. The van der Waals surface area contributed by atoms with Gasteiger partial charge in [-0.15, -0.1) is 0 Å². The number of aryl methyl sites for hydroxylation is 1. The summed E-state index contributed by atoms with van der Waals surface area (Å²) in [5.74, 6) is -0.963. The van der Waals surface area contributed by atoms with Crippen molar-refractivity contribution in [1.29, 1.82) is 0 Å². The number of rotatable bonds is 3. The van der Waals surface area contributed by atoms with Crippen LogP contribution in [0.4, 0.5) is 30.2 Å². The SMILES string of the molecule is Cc1ccc(N)cc1NC(=O)c1cc(N2CCCC2=O)cc(C(F)(F)F)c1. The van der Waals surface area contributed by atoms with Crippen molar-refractivity contribution in [2.24, 2.45) is 0 Å². The zero-order chi connectivity index (χ0) is 19.8. The molecule has 1 saturated heterocycles. The Kier molecular flexibility index (Phi) is 4.82. The molecule has 5 nitrogen and oxygen atoms in total. The second-order valence-electron chi connectivity index (χ2n) is 6.44. The molecular weight excluding hydrogens is 359 g/mol. The molecule has 3 N–H and O–H groups in total. The minimum atomic E-state index is -4.64. The Morgan fingerprint density at radius 1 is 1.19 bits per heavy atom. The van der Waals surface area contributed by atoms with E-state index in [0.717, 1.165) is 17.7 Å². The monoisotopic (exact) mass is 377 g/mol. The number of alkyl halides is 3.